The quantitative estimate of drug-likeness (QED) is 0.117. The molecule has 0 aromatic carbocycles. The van der Waals surface area contributed by atoms with Crippen molar-refractivity contribution in [3.63, 3.8) is 0 Å². The summed E-state index contributed by atoms with van der Waals surface area (Å²) in [6.07, 6.45) is 2.23. The highest BCUT2D eigenvalue weighted by Gasteiger charge is 2.02. The van der Waals surface area contributed by atoms with Crippen LogP contribution in [0.25, 0.3) is 0 Å². The van der Waals surface area contributed by atoms with Crippen molar-refractivity contribution < 1.29 is 47.5 Å². The van der Waals surface area contributed by atoms with Crippen LogP contribution in [0, 0.1) is 0 Å². The van der Waals surface area contributed by atoms with Crippen molar-refractivity contribution in [2.24, 2.45) is 0 Å². The number of methoxy groups -OCH3 is 1. The Kier molecular flexibility index (Phi) is 28.7. The third-order valence-electron chi connectivity index (χ3n) is 3.81. The molecule has 0 unspecified atom stereocenters. The summed E-state index contributed by atoms with van der Waals surface area (Å²) in [6, 6.07) is 0. The minimum Gasteiger partial charge on any atom is -0.460 e. The van der Waals surface area contributed by atoms with E-state index >= 15 is 0 Å². The van der Waals surface area contributed by atoms with E-state index in [2.05, 4.69) is 20.1 Å². The molecular formula is C25H46O10. The second kappa shape index (κ2) is 28.4. The predicted molar refractivity (Wildman–Crippen MR) is 132 cm³/mol. The maximum atomic E-state index is 11.0. The third kappa shape index (κ3) is 30.1. The zero-order valence-electron chi connectivity index (χ0n) is 22.1. The van der Waals surface area contributed by atoms with E-state index in [0.717, 1.165) is 19.4 Å². The van der Waals surface area contributed by atoms with E-state index in [-0.39, 0.29) is 25.2 Å². The minimum atomic E-state index is -0.389. The molecule has 0 N–H and O–H groups in total. The van der Waals surface area contributed by atoms with Gasteiger partial charge in [0, 0.05) is 24.9 Å². The van der Waals surface area contributed by atoms with Gasteiger partial charge in [-0.2, -0.15) is 0 Å². The van der Waals surface area contributed by atoms with Crippen LogP contribution in [0.15, 0.2) is 24.3 Å². The molecule has 0 bridgehead atoms. The molecule has 0 heterocycles. The van der Waals surface area contributed by atoms with Gasteiger partial charge in [-0.25, -0.2) is 9.59 Å². The van der Waals surface area contributed by atoms with E-state index in [1.807, 2.05) is 0 Å². The summed E-state index contributed by atoms with van der Waals surface area (Å²) in [5, 5.41) is 0. The van der Waals surface area contributed by atoms with Crippen molar-refractivity contribution in [1.29, 1.82) is 0 Å². The average molecular weight is 507 g/mol. The fraction of sp³-hybridized carbons (Fsp3) is 0.760. The summed E-state index contributed by atoms with van der Waals surface area (Å²) < 4.78 is 40.7. The molecule has 0 saturated carbocycles. The molecule has 0 spiro atoms. The number of unbranched alkanes of at least 4 members (excludes halogenated alkanes) is 1. The zero-order valence-corrected chi connectivity index (χ0v) is 22.1. The van der Waals surface area contributed by atoms with Gasteiger partial charge in [0.1, 0.15) is 13.2 Å². The van der Waals surface area contributed by atoms with Crippen LogP contribution in [0.3, 0.4) is 0 Å². The topological polar surface area (TPSA) is 108 Å². The van der Waals surface area contributed by atoms with E-state index < -0.39 is 0 Å². The smallest absolute Gasteiger partial charge is 0.333 e. The van der Waals surface area contributed by atoms with Gasteiger partial charge < -0.3 is 37.9 Å². The molecule has 10 nitrogen and oxygen atoms in total. The van der Waals surface area contributed by atoms with E-state index in [0.29, 0.717) is 77.2 Å². The lowest BCUT2D eigenvalue weighted by Crippen LogP contribution is -2.14. The molecule has 0 fully saturated rings. The molecule has 0 rings (SSSR count). The monoisotopic (exact) mass is 506 g/mol. The maximum Gasteiger partial charge on any atom is 0.333 e. The Balaban J connectivity index is 0. The van der Waals surface area contributed by atoms with Crippen LogP contribution in [-0.4, -0.2) is 105 Å². The number of hydrogen-bond donors (Lipinski definition) is 0. The van der Waals surface area contributed by atoms with Gasteiger partial charge in [-0.3, -0.25) is 0 Å². The second-order valence-electron chi connectivity index (χ2n) is 7.24. The summed E-state index contributed by atoms with van der Waals surface area (Å²) in [5.74, 6) is -0.774. The number of carbonyl (C=O) groups is 2. The molecule has 0 atom stereocenters. The highest BCUT2D eigenvalue weighted by Crippen LogP contribution is 1.93. The summed E-state index contributed by atoms with van der Waals surface area (Å²) >= 11 is 0. The van der Waals surface area contributed by atoms with Gasteiger partial charge in [-0.1, -0.05) is 26.5 Å². The summed E-state index contributed by atoms with van der Waals surface area (Å²) in [4.78, 5) is 21.9. The first-order chi connectivity index (χ1) is 16.9. The molecule has 0 aromatic heterocycles. The fourth-order valence-corrected chi connectivity index (χ4v) is 1.89. The Bertz CT molecular complexity index is 536. The molecule has 206 valence electrons. The van der Waals surface area contributed by atoms with Crippen LogP contribution in [0.2, 0.25) is 0 Å². The fourth-order valence-electron chi connectivity index (χ4n) is 1.89. The van der Waals surface area contributed by atoms with Crippen molar-refractivity contribution >= 4 is 11.9 Å². The van der Waals surface area contributed by atoms with Gasteiger partial charge in [-0.05, 0) is 20.3 Å². The maximum absolute atomic E-state index is 11.0. The van der Waals surface area contributed by atoms with Gasteiger partial charge in [0.05, 0.1) is 66.1 Å². The average Bonchev–Trinajstić information content (AvgIpc) is 2.83. The van der Waals surface area contributed by atoms with Crippen LogP contribution in [0.4, 0.5) is 0 Å². The summed E-state index contributed by atoms with van der Waals surface area (Å²) in [5.41, 5.74) is 0.786. The van der Waals surface area contributed by atoms with Crippen molar-refractivity contribution in [1.82, 2.24) is 0 Å². The molecule has 0 radical (unpaired) electrons. The first kappa shape index (κ1) is 35.3. The Labute approximate surface area is 210 Å². The largest absolute Gasteiger partial charge is 0.460 e. The number of hydrogen-bond acceptors (Lipinski definition) is 10. The molecule has 0 aliphatic carbocycles. The van der Waals surface area contributed by atoms with Gasteiger partial charge in [0.25, 0.3) is 0 Å². The van der Waals surface area contributed by atoms with Gasteiger partial charge in [0.15, 0.2) is 0 Å². The Morgan fingerprint density at radius 3 is 1.17 bits per heavy atom. The summed E-state index contributed by atoms with van der Waals surface area (Å²) in [7, 11) is 1.62. The van der Waals surface area contributed by atoms with Crippen LogP contribution in [0.5, 0.6) is 0 Å². The van der Waals surface area contributed by atoms with E-state index in [4.69, 9.17) is 37.9 Å². The van der Waals surface area contributed by atoms with Crippen molar-refractivity contribution in [2.75, 3.05) is 93.0 Å². The summed E-state index contributed by atoms with van der Waals surface area (Å²) in [6.45, 7) is 18.6. The second-order valence-corrected chi connectivity index (χ2v) is 7.24. The first-order valence-corrected chi connectivity index (χ1v) is 11.9. The SMILES string of the molecule is C=C(C)C(=O)OCCOCCOCCOC.C=C(C)C(=O)OCCOCCOCCOCCCC. The Morgan fingerprint density at radius 1 is 0.543 bits per heavy atom. The van der Waals surface area contributed by atoms with Crippen LogP contribution >= 0.6 is 0 Å². The molecule has 0 saturated heterocycles. The Hall–Kier alpha value is -1.82. The predicted octanol–water partition coefficient (Wildman–Crippen LogP) is 2.74. The van der Waals surface area contributed by atoms with Crippen molar-refractivity contribution in [2.45, 2.75) is 33.6 Å². The number of carbonyl (C=O) groups excluding carboxylic acids is 2. The lowest BCUT2D eigenvalue weighted by molar-refractivity contribution is -0.141. The molecular weight excluding hydrogens is 460 g/mol. The molecule has 0 aliphatic heterocycles. The molecule has 0 aromatic rings. The van der Waals surface area contributed by atoms with Crippen LogP contribution in [0.1, 0.15) is 33.6 Å². The van der Waals surface area contributed by atoms with Crippen molar-refractivity contribution in [3.05, 3.63) is 24.3 Å². The minimum absolute atomic E-state index is 0.240. The number of ether oxygens (including phenoxy) is 8. The molecule has 35 heavy (non-hydrogen) atoms. The number of esters is 2. The zero-order chi connectivity index (χ0) is 26.6. The van der Waals surface area contributed by atoms with Crippen molar-refractivity contribution in [3.8, 4) is 0 Å². The molecule has 0 amide bonds. The van der Waals surface area contributed by atoms with Crippen LogP contribution in [-0.2, 0) is 47.5 Å². The van der Waals surface area contributed by atoms with E-state index in [1.165, 1.54) is 0 Å². The van der Waals surface area contributed by atoms with Gasteiger partial charge in [-0.15, -0.1) is 0 Å². The Morgan fingerprint density at radius 2 is 0.857 bits per heavy atom. The highest BCUT2D eigenvalue weighted by molar-refractivity contribution is 5.87. The van der Waals surface area contributed by atoms with Gasteiger partial charge in [0.2, 0.25) is 0 Å². The lowest BCUT2D eigenvalue weighted by Gasteiger charge is -2.07. The van der Waals surface area contributed by atoms with Gasteiger partial charge >= 0.3 is 11.9 Å². The van der Waals surface area contributed by atoms with E-state index in [1.54, 1.807) is 21.0 Å². The lowest BCUT2D eigenvalue weighted by atomic mass is 10.4. The molecule has 10 heteroatoms. The molecule has 0 aliphatic rings. The van der Waals surface area contributed by atoms with Crippen LogP contribution < -0.4 is 0 Å². The number of rotatable bonds is 23. The first-order valence-electron chi connectivity index (χ1n) is 11.9. The normalized spacial score (nSPS) is 10.3. The van der Waals surface area contributed by atoms with E-state index in [9.17, 15) is 9.59 Å². The standard InChI is InChI=1S/C14H26O5.C11H20O5/c1-4-5-6-16-7-8-17-9-10-18-11-12-19-14(15)13(2)3;1-10(2)11(12)16-9-8-15-7-6-14-5-4-13-3/h2,4-12H2,1,3H3;1,4-9H2,2-3H3. The third-order valence-corrected chi connectivity index (χ3v) is 3.81. The highest BCUT2D eigenvalue weighted by atomic mass is 16.6.